The van der Waals surface area contributed by atoms with Crippen molar-refractivity contribution in [3.05, 3.63) is 29.5 Å². The van der Waals surface area contributed by atoms with Crippen LogP contribution < -0.4 is 4.74 Å². The van der Waals surface area contributed by atoms with Gasteiger partial charge in [0.15, 0.2) is 0 Å². The molecule has 1 aliphatic heterocycles. The highest BCUT2D eigenvalue weighted by atomic mass is 16.5. The van der Waals surface area contributed by atoms with Gasteiger partial charge in [-0.2, -0.15) is 0 Å². The Morgan fingerprint density at radius 3 is 3.00 bits per heavy atom. The van der Waals surface area contributed by atoms with Gasteiger partial charge in [-0.1, -0.05) is 0 Å². The second kappa shape index (κ2) is 3.77. The fourth-order valence-electron chi connectivity index (χ4n) is 2.71. The van der Waals surface area contributed by atoms with Crippen LogP contribution in [0.3, 0.4) is 0 Å². The molecule has 0 bridgehead atoms. The Hall–Kier alpha value is -1.48. The molecule has 90 valence electrons. The molecule has 1 aliphatic rings. The third kappa shape index (κ3) is 1.53. The molecule has 1 N–H and O–H groups in total. The number of aromatic amines is 1. The number of nitrogens with one attached hydrogen (secondary N) is 1. The van der Waals surface area contributed by atoms with Gasteiger partial charge in [-0.25, -0.2) is 0 Å². The molecule has 1 aromatic heterocycles. The summed E-state index contributed by atoms with van der Waals surface area (Å²) in [4.78, 5) is 5.93. The first-order valence-corrected chi connectivity index (χ1v) is 6.09. The van der Waals surface area contributed by atoms with Crippen molar-refractivity contribution in [2.24, 2.45) is 0 Å². The molecule has 0 saturated heterocycles. The summed E-state index contributed by atoms with van der Waals surface area (Å²) >= 11 is 0. The maximum absolute atomic E-state index is 5.27. The van der Waals surface area contributed by atoms with Crippen LogP contribution in [0.25, 0.3) is 10.9 Å². The van der Waals surface area contributed by atoms with E-state index in [9.17, 15) is 0 Å². The van der Waals surface area contributed by atoms with E-state index in [1.165, 1.54) is 22.2 Å². The maximum Gasteiger partial charge on any atom is 0.120 e. The molecule has 0 radical (unpaired) electrons. The minimum absolute atomic E-state index is 0.470. The largest absolute Gasteiger partial charge is 0.497 e. The van der Waals surface area contributed by atoms with Crippen molar-refractivity contribution in [3.63, 3.8) is 0 Å². The summed E-state index contributed by atoms with van der Waals surface area (Å²) in [6.45, 7) is 3.39. The van der Waals surface area contributed by atoms with Gasteiger partial charge in [0.2, 0.25) is 0 Å². The van der Waals surface area contributed by atoms with Gasteiger partial charge in [-0.05, 0) is 38.1 Å². The van der Waals surface area contributed by atoms with Crippen molar-refractivity contribution in [2.75, 3.05) is 20.7 Å². The van der Waals surface area contributed by atoms with E-state index in [1.807, 2.05) is 6.07 Å². The number of nitrogens with zero attached hydrogens (tertiary/aromatic N) is 1. The molecule has 2 heterocycles. The molecular formula is C14H18N2O. The molecule has 0 unspecified atom stereocenters. The molecule has 3 nitrogen and oxygen atoms in total. The van der Waals surface area contributed by atoms with Gasteiger partial charge in [-0.3, -0.25) is 4.90 Å². The zero-order valence-corrected chi connectivity index (χ0v) is 10.6. The van der Waals surface area contributed by atoms with Crippen LogP contribution in [-0.2, 0) is 6.42 Å². The zero-order chi connectivity index (χ0) is 12.0. The second-order valence-corrected chi connectivity index (χ2v) is 4.84. The summed E-state index contributed by atoms with van der Waals surface area (Å²) < 4.78 is 5.27. The van der Waals surface area contributed by atoms with Crippen LogP contribution in [0.2, 0.25) is 0 Å². The predicted octanol–water partition coefficient (Wildman–Crippen LogP) is 2.73. The molecule has 3 rings (SSSR count). The first-order chi connectivity index (χ1) is 8.20. The van der Waals surface area contributed by atoms with E-state index in [2.05, 4.69) is 36.0 Å². The van der Waals surface area contributed by atoms with Crippen molar-refractivity contribution in [3.8, 4) is 5.75 Å². The molecule has 0 saturated carbocycles. The van der Waals surface area contributed by atoms with E-state index < -0.39 is 0 Å². The van der Waals surface area contributed by atoms with E-state index in [4.69, 9.17) is 4.74 Å². The second-order valence-electron chi connectivity index (χ2n) is 4.84. The van der Waals surface area contributed by atoms with Gasteiger partial charge in [0.1, 0.15) is 5.75 Å². The topological polar surface area (TPSA) is 28.3 Å². The van der Waals surface area contributed by atoms with Gasteiger partial charge < -0.3 is 9.72 Å². The Morgan fingerprint density at radius 1 is 1.41 bits per heavy atom. The van der Waals surface area contributed by atoms with E-state index in [-0.39, 0.29) is 0 Å². The lowest BCUT2D eigenvalue weighted by molar-refractivity contribution is 0.244. The number of rotatable bonds is 1. The third-order valence-electron chi connectivity index (χ3n) is 3.94. The van der Waals surface area contributed by atoms with Crippen LogP contribution in [0.15, 0.2) is 18.2 Å². The van der Waals surface area contributed by atoms with Crippen molar-refractivity contribution in [1.29, 1.82) is 0 Å². The van der Waals surface area contributed by atoms with Gasteiger partial charge >= 0.3 is 0 Å². The Morgan fingerprint density at radius 2 is 2.24 bits per heavy atom. The number of aromatic nitrogens is 1. The number of hydrogen-bond acceptors (Lipinski definition) is 2. The Kier molecular flexibility index (Phi) is 2.37. The molecule has 1 aromatic carbocycles. The van der Waals surface area contributed by atoms with Gasteiger partial charge in [0.25, 0.3) is 0 Å². The van der Waals surface area contributed by atoms with Crippen molar-refractivity contribution >= 4 is 10.9 Å². The zero-order valence-electron chi connectivity index (χ0n) is 10.6. The summed E-state index contributed by atoms with van der Waals surface area (Å²) in [7, 11) is 3.89. The van der Waals surface area contributed by atoms with Gasteiger partial charge in [0.05, 0.1) is 7.11 Å². The maximum atomic E-state index is 5.27. The lowest BCUT2D eigenvalue weighted by Gasteiger charge is -2.29. The minimum Gasteiger partial charge on any atom is -0.497 e. The van der Waals surface area contributed by atoms with Crippen LogP contribution in [0.1, 0.15) is 24.2 Å². The summed E-state index contributed by atoms with van der Waals surface area (Å²) in [5, 5.41) is 1.35. The molecule has 0 aliphatic carbocycles. The van der Waals surface area contributed by atoms with Crippen molar-refractivity contribution in [1.82, 2.24) is 9.88 Å². The summed E-state index contributed by atoms with van der Waals surface area (Å²) in [6.07, 6.45) is 1.13. The fraction of sp³-hybridized carbons (Fsp3) is 0.429. The van der Waals surface area contributed by atoms with E-state index >= 15 is 0 Å². The first kappa shape index (κ1) is 10.7. The van der Waals surface area contributed by atoms with E-state index in [0.29, 0.717) is 6.04 Å². The summed E-state index contributed by atoms with van der Waals surface area (Å²) in [6, 6.07) is 6.76. The van der Waals surface area contributed by atoms with Crippen LogP contribution in [0, 0.1) is 0 Å². The molecule has 2 aromatic rings. The monoisotopic (exact) mass is 230 g/mol. The van der Waals surface area contributed by atoms with Crippen LogP contribution in [0.4, 0.5) is 0 Å². The molecule has 0 spiro atoms. The molecule has 3 heteroatoms. The molecule has 1 atom stereocenters. The summed E-state index contributed by atoms with van der Waals surface area (Å²) in [5.74, 6) is 0.914. The number of ether oxygens (including phenoxy) is 1. The first-order valence-electron chi connectivity index (χ1n) is 6.09. The lowest BCUT2D eigenvalue weighted by Crippen LogP contribution is -2.30. The average Bonchev–Trinajstić information content (AvgIpc) is 2.72. The fourth-order valence-corrected chi connectivity index (χ4v) is 2.71. The molecular weight excluding hydrogens is 212 g/mol. The van der Waals surface area contributed by atoms with Crippen LogP contribution in [-0.4, -0.2) is 30.6 Å². The third-order valence-corrected chi connectivity index (χ3v) is 3.94. The molecule has 0 fully saturated rings. The van der Waals surface area contributed by atoms with Crippen LogP contribution in [0.5, 0.6) is 5.75 Å². The Labute approximate surface area is 101 Å². The minimum atomic E-state index is 0.470. The van der Waals surface area contributed by atoms with E-state index in [0.717, 1.165) is 18.7 Å². The van der Waals surface area contributed by atoms with Gasteiger partial charge in [-0.15, -0.1) is 0 Å². The Bertz CT molecular complexity index is 559. The van der Waals surface area contributed by atoms with Crippen LogP contribution >= 0.6 is 0 Å². The lowest BCUT2D eigenvalue weighted by atomic mass is 9.99. The highest BCUT2D eigenvalue weighted by molar-refractivity contribution is 5.86. The predicted molar refractivity (Wildman–Crippen MR) is 69.6 cm³/mol. The van der Waals surface area contributed by atoms with E-state index in [1.54, 1.807) is 7.11 Å². The van der Waals surface area contributed by atoms with Gasteiger partial charge in [0, 0.05) is 35.2 Å². The standard InChI is InChI=1S/C14H18N2O/c1-9-14-12(6-7-16(9)2)11-5-4-10(17-3)8-13(11)15-14/h4-5,8-9,15H,6-7H2,1-3H3/t9-/m0/s1. The number of fused-ring (bicyclic) bond motifs is 3. The number of H-pyrrole nitrogens is 1. The Balaban J connectivity index is 2.20. The highest BCUT2D eigenvalue weighted by Gasteiger charge is 2.24. The number of hydrogen-bond donors (Lipinski definition) is 1. The van der Waals surface area contributed by atoms with Crippen molar-refractivity contribution in [2.45, 2.75) is 19.4 Å². The van der Waals surface area contributed by atoms with Crippen molar-refractivity contribution < 1.29 is 4.74 Å². The SMILES string of the molecule is COc1ccc2c3c([nH]c2c1)[C@H](C)N(C)CC3. The highest BCUT2D eigenvalue weighted by Crippen LogP contribution is 2.34. The summed E-state index contributed by atoms with van der Waals surface area (Å²) in [5.41, 5.74) is 4.03. The smallest absolute Gasteiger partial charge is 0.120 e. The quantitative estimate of drug-likeness (QED) is 0.816. The number of benzene rings is 1. The number of methoxy groups -OCH3 is 1. The molecule has 17 heavy (non-hydrogen) atoms. The molecule has 0 amide bonds. The average molecular weight is 230 g/mol. The number of likely N-dealkylation sites (N-methyl/N-ethyl adjacent to an activating group) is 1. The normalized spacial score (nSPS) is 20.5.